The first-order valence-corrected chi connectivity index (χ1v) is 7.10. The van der Waals surface area contributed by atoms with Gasteiger partial charge >= 0.3 is 0 Å². The molecule has 0 saturated carbocycles. The highest BCUT2D eigenvalue weighted by atomic mass is 32.2. The normalized spacial score (nSPS) is 19.0. The van der Waals surface area contributed by atoms with Crippen LogP contribution in [0.5, 0.6) is 5.75 Å². The van der Waals surface area contributed by atoms with Crippen LogP contribution in [0.3, 0.4) is 0 Å². The minimum Gasteiger partial charge on any atom is -0.483 e. The molecule has 0 bridgehead atoms. The fraction of sp³-hybridized carbons (Fsp3) is 0.364. The summed E-state index contributed by atoms with van der Waals surface area (Å²) in [5.74, 6) is 0.646. The molecule has 0 amide bonds. The Morgan fingerprint density at radius 2 is 2.24 bits per heavy atom. The Morgan fingerprint density at radius 1 is 1.47 bits per heavy atom. The van der Waals surface area contributed by atoms with Crippen LogP contribution in [0, 0.1) is 0 Å². The van der Waals surface area contributed by atoms with E-state index in [0.29, 0.717) is 24.3 Å². The highest BCUT2D eigenvalue weighted by Gasteiger charge is 2.19. The molecule has 0 saturated heterocycles. The lowest BCUT2D eigenvalue weighted by Crippen LogP contribution is -2.23. The number of sulfonamides is 1. The van der Waals surface area contributed by atoms with Crippen LogP contribution in [-0.2, 0) is 21.2 Å². The first kappa shape index (κ1) is 11.9. The van der Waals surface area contributed by atoms with Crippen molar-refractivity contribution in [3.05, 3.63) is 23.8 Å². The van der Waals surface area contributed by atoms with Crippen LogP contribution in [0.25, 0.3) is 0 Å². The number of aldehydes is 1. The summed E-state index contributed by atoms with van der Waals surface area (Å²) in [4.78, 5) is 10.6. The molecule has 5 nitrogen and oxygen atoms in total. The molecule has 0 radical (unpaired) electrons. The summed E-state index contributed by atoms with van der Waals surface area (Å²) in [6.45, 7) is 0. The van der Waals surface area contributed by atoms with E-state index in [-0.39, 0.29) is 0 Å². The van der Waals surface area contributed by atoms with Crippen molar-refractivity contribution in [3.8, 4) is 5.75 Å². The van der Waals surface area contributed by atoms with Gasteiger partial charge in [0.15, 0.2) is 12.4 Å². The van der Waals surface area contributed by atoms with E-state index in [1.165, 1.54) is 0 Å². The molecule has 1 heterocycles. The Kier molecular flexibility index (Phi) is 3.06. The van der Waals surface area contributed by atoms with Gasteiger partial charge in [-0.1, -0.05) is 0 Å². The first-order valence-electron chi connectivity index (χ1n) is 5.20. The van der Waals surface area contributed by atoms with Gasteiger partial charge in [-0.2, -0.15) is 0 Å². The molecular formula is C11H13NO4S. The summed E-state index contributed by atoms with van der Waals surface area (Å²) in [6.07, 6.45) is 2.82. The average molecular weight is 255 g/mol. The number of rotatable bonds is 3. The van der Waals surface area contributed by atoms with E-state index in [1.807, 2.05) is 0 Å². The molecule has 0 fully saturated rings. The lowest BCUT2D eigenvalue weighted by atomic mass is 10.0. The number of hydrogen-bond donors (Lipinski definition) is 1. The maximum absolute atomic E-state index is 11.1. The number of hydrogen-bond acceptors (Lipinski definition) is 4. The molecule has 1 aromatic carbocycles. The second-order valence-corrected chi connectivity index (χ2v) is 5.78. The molecule has 2 rings (SSSR count). The Morgan fingerprint density at radius 3 is 2.88 bits per heavy atom. The van der Waals surface area contributed by atoms with Crippen LogP contribution < -0.4 is 9.46 Å². The quantitative estimate of drug-likeness (QED) is 0.816. The van der Waals surface area contributed by atoms with Crippen molar-refractivity contribution in [2.24, 2.45) is 0 Å². The van der Waals surface area contributed by atoms with Crippen molar-refractivity contribution < 1.29 is 17.9 Å². The monoisotopic (exact) mass is 255 g/mol. The molecule has 1 aliphatic rings. The largest absolute Gasteiger partial charge is 0.483 e. The van der Waals surface area contributed by atoms with Crippen LogP contribution in [-0.4, -0.2) is 27.1 Å². The zero-order chi connectivity index (χ0) is 12.5. The molecular weight excluding hydrogens is 242 g/mol. The topological polar surface area (TPSA) is 72.5 Å². The van der Waals surface area contributed by atoms with Gasteiger partial charge in [-0.25, -0.2) is 8.42 Å². The van der Waals surface area contributed by atoms with E-state index in [2.05, 4.69) is 4.72 Å². The predicted molar refractivity (Wildman–Crippen MR) is 63.7 cm³/mol. The third-order valence-corrected chi connectivity index (χ3v) is 3.10. The number of ether oxygens (including phenoxy) is 1. The fourth-order valence-corrected chi connectivity index (χ4v) is 2.34. The van der Waals surface area contributed by atoms with E-state index < -0.39 is 16.1 Å². The predicted octanol–water partition coefficient (Wildman–Crippen LogP) is 0.951. The van der Waals surface area contributed by atoms with Crippen LogP contribution in [0.2, 0.25) is 0 Å². The molecule has 17 heavy (non-hydrogen) atoms. The maximum atomic E-state index is 11.1. The number of anilines is 1. The van der Waals surface area contributed by atoms with Gasteiger partial charge < -0.3 is 4.74 Å². The first-order chi connectivity index (χ1) is 7.98. The van der Waals surface area contributed by atoms with Crippen molar-refractivity contribution in [2.75, 3.05) is 11.0 Å². The minimum atomic E-state index is -3.27. The van der Waals surface area contributed by atoms with E-state index in [9.17, 15) is 13.2 Å². The van der Waals surface area contributed by atoms with Gasteiger partial charge in [0.05, 0.1) is 6.26 Å². The molecule has 0 aliphatic carbocycles. The van der Waals surface area contributed by atoms with Crippen molar-refractivity contribution in [1.82, 2.24) is 0 Å². The van der Waals surface area contributed by atoms with Crippen LogP contribution in [0.4, 0.5) is 5.69 Å². The summed E-state index contributed by atoms with van der Waals surface area (Å²) in [5.41, 5.74) is 1.43. The third kappa shape index (κ3) is 2.97. The van der Waals surface area contributed by atoms with Gasteiger partial charge in [0.25, 0.3) is 0 Å². The smallest absolute Gasteiger partial charge is 0.229 e. The van der Waals surface area contributed by atoms with Crippen molar-refractivity contribution in [1.29, 1.82) is 0 Å². The molecule has 0 spiro atoms. The summed E-state index contributed by atoms with van der Waals surface area (Å²) in [7, 11) is -3.27. The molecule has 1 atom stereocenters. The maximum Gasteiger partial charge on any atom is 0.229 e. The van der Waals surface area contributed by atoms with Crippen molar-refractivity contribution in [3.63, 3.8) is 0 Å². The highest BCUT2D eigenvalue weighted by Crippen LogP contribution is 2.29. The molecule has 1 unspecified atom stereocenters. The van der Waals surface area contributed by atoms with Gasteiger partial charge in [-0.3, -0.25) is 9.52 Å². The molecule has 92 valence electrons. The molecule has 1 aliphatic heterocycles. The Bertz CT molecular complexity index is 538. The SMILES string of the molecule is CS(=O)(=O)Nc1ccc2c(c1)CCC(C=O)O2. The zero-order valence-corrected chi connectivity index (χ0v) is 10.2. The standard InChI is InChI=1S/C11H13NO4S/c1-17(14,15)12-9-3-5-11-8(6-9)2-4-10(7-13)16-11/h3,5-7,10,12H,2,4H2,1H3. The average Bonchev–Trinajstić information content (AvgIpc) is 2.26. The second-order valence-electron chi connectivity index (χ2n) is 4.03. The van der Waals surface area contributed by atoms with Gasteiger partial charge in [0, 0.05) is 5.69 Å². The van der Waals surface area contributed by atoms with Crippen molar-refractivity contribution in [2.45, 2.75) is 18.9 Å². The van der Waals surface area contributed by atoms with E-state index >= 15 is 0 Å². The molecule has 1 N–H and O–H groups in total. The summed E-state index contributed by atoms with van der Waals surface area (Å²) >= 11 is 0. The molecule has 0 aromatic heterocycles. The third-order valence-electron chi connectivity index (χ3n) is 2.49. The molecule has 1 aromatic rings. The second kappa shape index (κ2) is 4.37. The molecule has 6 heteroatoms. The minimum absolute atomic E-state index is 0.392. The number of carbonyl (C=O) groups excluding carboxylic acids is 1. The number of aryl methyl sites for hydroxylation is 1. The van der Waals surface area contributed by atoms with Crippen LogP contribution >= 0.6 is 0 Å². The summed E-state index contributed by atoms with van der Waals surface area (Å²) in [6, 6.07) is 5.03. The fourth-order valence-electron chi connectivity index (χ4n) is 1.78. The van der Waals surface area contributed by atoms with Crippen LogP contribution in [0.15, 0.2) is 18.2 Å². The van der Waals surface area contributed by atoms with Gasteiger partial charge in [0.2, 0.25) is 10.0 Å². The number of fused-ring (bicyclic) bond motifs is 1. The Labute approximate surface area is 99.8 Å². The van der Waals surface area contributed by atoms with Gasteiger partial charge in [0.1, 0.15) is 5.75 Å². The summed E-state index contributed by atoms with van der Waals surface area (Å²) < 4.78 is 30.0. The Balaban J connectivity index is 2.24. The van der Waals surface area contributed by atoms with Gasteiger partial charge in [-0.05, 0) is 36.6 Å². The number of benzene rings is 1. The van der Waals surface area contributed by atoms with E-state index in [1.54, 1.807) is 18.2 Å². The highest BCUT2D eigenvalue weighted by molar-refractivity contribution is 7.92. The summed E-state index contributed by atoms with van der Waals surface area (Å²) in [5, 5.41) is 0. The van der Waals surface area contributed by atoms with Crippen LogP contribution in [0.1, 0.15) is 12.0 Å². The van der Waals surface area contributed by atoms with E-state index in [4.69, 9.17) is 4.74 Å². The lowest BCUT2D eigenvalue weighted by Gasteiger charge is -2.22. The number of carbonyl (C=O) groups is 1. The lowest BCUT2D eigenvalue weighted by molar-refractivity contribution is -0.114. The Hall–Kier alpha value is -1.56. The zero-order valence-electron chi connectivity index (χ0n) is 9.34. The van der Waals surface area contributed by atoms with E-state index in [0.717, 1.165) is 18.1 Å². The van der Waals surface area contributed by atoms with Gasteiger partial charge in [-0.15, -0.1) is 0 Å². The number of nitrogens with one attached hydrogen (secondary N) is 1. The van der Waals surface area contributed by atoms with Crippen molar-refractivity contribution >= 4 is 22.0 Å².